The van der Waals surface area contributed by atoms with Crippen LogP contribution in [0.3, 0.4) is 0 Å². The zero-order valence-electron chi connectivity index (χ0n) is 9.22. The number of carbonyl (C=O) groups is 1. The van der Waals surface area contributed by atoms with E-state index in [1.165, 1.54) is 6.92 Å². The van der Waals surface area contributed by atoms with Crippen LogP contribution in [0.25, 0.3) is 0 Å². The van der Waals surface area contributed by atoms with E-state index >= 15 is 0 Å². The van der Waals surface area contributed by atoms with Gasteiger partial charge in [-0.2, -0.15) is 8.78 Å². The van der Waals surface area contributed by atoms with Gasteiger partial charge in [-0.05, 0) is 19.1 Å². The van der Waals surface area contributed by atoms with Gasteiger partial charge in [-0.15, -0.1) is 0 Å². The third kappa shape index (κ3) is 3.37. The molecular formula is C10H9F2NO5. The Morgan fingerprint density at radius 1 is 1.56 bits per heavy atom. The second-order valence-corrected chi connectivity index (χ2v) is 3.45. The maximum absolute atomic E-state index is 12.0. The van der Waals surface area contributed by atoms with Crippen molar-refractivity contribution in [2.45, 2.75) is 20.0 Å². The van der Waals surface area contributed by atoms with Gasteiger partial charge in [0.2, 0.25) is 0 Å². The molecule has 98 valence electrons. The van der Waals surface area contributed by atoms with Crippen molar-refractivity contribution >= 4 is 11.7 Å². The summed E-state index contributed by atoms with van der Waals surface area (Å²) in [4.78, 5) is 20.6. The second kappa shape index (κ2) is 5.39. The second-order valence-electron chi connectivity index (χ2n) is 3.45. The van der Waals surface area contributed by atoms with Gasteiger partial charge in [0.25, 0.3) is 5.69 Å². The van der Waals surface area contributed by atoms with Gasteiger partial charge in [0.15, 0.2) is 0 Å². The molecule has 0 aliphatic rings. The molecule has 0 spiro atoms. The van der Waals surface area contributed by atoms with Crippen molar-refractivity contribution in [3.05, 3.63) is 33.4 Å². The van der Waals surface area contributed by atoms with Crippen molar-refractivity contribution < 1.29 is 28.3 Å². The van der Waals surface area contributed by atoms with Crippen LogP contribution < -0.4 is 4.74 Å². The van der Waals surface area contributed by atoms with Gasteiger partial charge < -0.3 is 9.84 Å². The number of aliphatic carboxylic acids is 1. The molecule has 0 unspecified atom stereocenters. The highest BCUT2D eigenvalue weighted by molar-refractivity contribution is 5.73. The number of carboxylic acid groups (broad SMARTS) is 1. The third-order valence-electron chi connectivity index (χ3n) is 2.10. The molecule has 0 heterocycles. The number of nitrogens with zero attached hydrogens (tertiary/aromatic N) is 1. The highest BCUT2D eigenvalue weighted by Gasteiger charge is 2.21. The Kier molecular flexibility index (Phi) is 4.13. The highest BCUT2D eigenvalue weighted by atomic mass is 19.3. The molecule has 0 bridgehead atoms. The Morgan fingerprint density at radius 2 is 2.17 bits per heavy atom. The van der Waals surface area contributed by atoms with Crippen molar-refractivity contribution in [1.82, 2.24) is 0 Å². The standard InChI is InChI=1S/C10H9F2NO5/c1-5-2-7(18-10(11)12)3-6(4-8(14)15)9(5)13(16)17/h2-3,10H,4H2,1H3,(H,14,15). The Bertz CT molecular complexity index is 489. The predicted octanol–water partition coefficient (Wildman–Crippen LogP) is 2.13. The topological polar surface area (TPSA) is 89.7 Å². The van der Waals surface area contributed by atoms with Crippen molar-refractivity contribution in [3.63, 3.8) is 0 Å². The number of benzene rings is 1. The first-order chi connectivity index (χ1) is 8.31. The maximum Gasteiger partial charge on any atom is 0.387 e. The normalized spacial score (nSPS) is 10.4. The van der Waals surface area contributed by atoms with Gasteiger partial charge >= 0.3 is 12.6 Å². The molecule has 0 saturated carbocycles. The van der Waals surface area contributed by atoms with Crippen LogP contribution >= 0.6 is 0 Å². The molecule has 1 N–H and O–H groups in total. The molecule has 1 rings (SSSR count). The number of rotatable bonds is 5. The van der Waals surface area contributed by atoms with Crippen LogP contribution in [0.15, 0.2) is 12.1 Å². The lowest BCUT2D eigenvalue weighted by Gasteiger charge is -2.09. The molecule has 6 nitrogen and oxygen atoms in total. The first-order valence-corrected chi connectivity index (χ1v) is 4.75. The summed E-state index contributed by atoms with van der Waals surface area (Å²) in [6.45, 7) is -1.76. The Labute approximate surface area is 99.9 Å². The van der Waals surface area contributed by atoms with E-state index in [-0.39, 0.29) is 16.9 Å². The predicted molar refractivity (Wildman–Crippen MR) is 55.8 cm³/mol. The highest BCUT2D eigenvalue weighted by Crippen LogP contribution is 2.30. The first kappa shape index (κ1) is 13.8. The minimum Gasteiger partial charge on any atom is -0.481 e. The fraction of sp³-hybridized carbons (Fsp3) is 0.300. The molecule has 1 aromatic rings. The minimum absolute atomic E-state index is 0.0643. The monoisotopic (exact) mass is 261 g/mol. The van der Waals surface area contributed by atoms with E-state index in [9.17, 15) is 23.7 Å². The summed E-state index contributed by atoms with van der Waals surface area (Å²) in [5.74, 6) is -1.60. The first-order valence-electron chi connectivity index (χ1n) is 4.75. The lowest BCUT2D eigenvalue weighted by atomic mass is 10.0. The SMILES string of the molecule is Cc1cc(OC(F)F)cc(CC(=O)O)c1[N+](=O)[O-]. The van der Waals surface area contributed by atoms with E-state index in [0.717, 1.165) is 12.1 Å². The Balaban J connectivity index is 3.27. The molecule has 8 heteroatoms. The van der Waals surface area contributed by atoms with Crippen LogP contribution in [0.2, 0.25) is 0 Å². The third-order valence-corrected chi connectivity index (χ3v) is 2.10. The average Bonchev–Trinajstić information content (AvgIpc) is 2.12. The number of nitro groups is 1. The summed E-state index contributed by atoms with van der Waals surface area (Å²) in [5, 5.41) is 19.4. The molecule has 0 amide bonds. The molecule has 0 radical (unpaired) electrons. The molecule has 0 aromatic heterocycles. The molecule has 0 aliphatic heterocycles. The summed E-state index contributed by atoms with van der Waals surface area (Å²) in [5.41, 5.74) is -0.517. The minimum atomic E-state index is -3.08. The lowest BCUT2D eigenvalue weighted by molar-refractivity contribution is -0.386. The summed E-state index contributed by atoms with van der Waals surface area (Å²) in [7, 11) is 0. The van der Waals surface area contributed by atoms with E-state index in [1.807, 2.05) is 0 Å². The van der Waals surface area contributed by atoms with Crippen molar-refractivity contribution in [2.75, 3.05) is 0 Å². The average molecular weight is 261 g/mol. The van der Waals surface area contributed by atoms with E-state index in [2.05, 4.69) is 4.74 Å². The number of nitro benzene ring substituents is 1. The smallest absolute Gasteiger partial charge is 0.387 e. The number of aryl methyl sites for hydroxylation is 1. The van der Waals surface area contributed by atoms with Crippen LogP contribution in [0.5, 0.6) is 5.75 Å². The van der Waals surface area contributed by atoms with E-state index in [1.54, 1.807) is 0 Å². The van der Waals surface area contributed by atoms with Gasteiger partial charge in [-0.1, -0.05) is 0 Å². The van der Waals surface area contributed by atoms with Gasteiger partial charge in [0.05, 0.1) is 11.3 Å². The fourth-order valence-electron chi connectivity index (χ4n) is 1.55. The van der Waals surface area contributed by atoms with Crippen LogP contribution in [0.4, 0.5) is 14.5 Å². The van der Waals surface area contributed by atoms with Gasteiger partial charge in [-0.25, -0.2) is 0 Å². The molecule has 1 aromatic carbocycles. The van der Waals surface area contributed by atoms with E-state index in [0.29, 0.717) is 0 Å². The summed E-state index contributed by atoms with van der Waals surface area (Å²) in [6, 6.07) is 2.00. The van der Waals surface area contributed by atoms with Crippen molar-refractivity contribution in [3.8, 4) is 5.75 Å². The van der Waals surface area contributed by atoms with Gasteiger partial charge in [-0.3, -0.25) is 14.9 Å². The quantitative estimate of drug-likeness (QED) is 0.647. The number of ether oxygens (including phenoxy) is 1. The molecule has 0 saturated heterocycles. The van der Waals surface area contributed by atoms with E-state index in [4.69, 9.17) is 5.11 Å². The summed E-state index contributed by atoms with van der Waals surface area (Å²) in [6.07, 6.45) is -0.641. The summed E-state index contributed by atoms with van der Waals surface area (Å²) < 4.78 is 28.2. The molecule has 18 heavy (non-hydrogen) atoms. The number of hydrogen-bond donors (Lipinski definition) is 1. The Hall–Kier alpha value is -2.25. The number of carboxylic acids is 1. The number of alkyl halides is 2. The Morgan fingerprint density at radius 3 is 2.61 bits per heavy atom. The maximum atomic E-state index is 12.0. The largest absolute Gasteiger partial charge is 0.481 e. The van der Waals surface area contributed by atoms with Gasteiger partial charge in [0.1, 0.15) is 5.75 Å². The number of halogens is 2. The van der Waals surface area contributed by atoms with Crippen LogP contribution in [-0.4, -0.2) is 22.6 Å². The lowest BCUT2D eigenvalue weighted by Crippen LogP contribution is -2.08. The van der Waals surface area contributed by atoms with Crippen molar-refractivity contribution in [1.29, 1.82) is 0 Å². The summed E-state index contributed by atoms with van der Waals surface area (Å²) >= 11 is 0. The van der Waals surface area contributed by atoms with Crippen LogP contribution in [0.1, 0.15) is 11.1 Å². The van der Waals surface area contributed by atoms with Crippen LogP contribution in [0, 0.1) is 17.0 Å². The zero-order valence-corrected chi connectivity index (χ0v) is 9.22. The fourth-order valence-corrected chi connectivity index (χ4v) is 1.55. The van der Waals surface area contributed by atoms with Crippen LogP contribution in [-0.2, 0) is 11.2 Å². The molecule has 0 fully saturated rings. The molecule has 0 aliphatic carbocycles. The van der Waals surface area contributed by atoms with Crippen molar-refractivity contribution in [2.24, 2.45) is 0 Å². The van der Waals surface area contributed by atoms with E-state index < -0.39 is 29.6 Å². The zero-order chi connectivity index (χ0) is 13.9. The molecule has 0 atom stereocenters. The molecular weight excluding hydrogens is 252 g/mol. The number of hydrogen-bond acceptors (Lipinski definition) is 4. The van der Waals surface area contributed by atoms with Gasteiger partial charge in [0, 0.05) is 11.1 Å².